The van der Waals surface area contributed by atoms with Crippen LogP contribution < -0.4 is 10.1 Å². The second kappa shape index (κ2) is 9.88. The van der Waals surface area contributed by atoms with E-state index in [-0.39, 0.29) is 6.09 Å². The number of ether oxygens (including phenoxy) is 3. The van der Waals surface area contributed by atoms with Crippen LogP contribution in [0.3, 0.4) is 0 Å². The van der Waals surface area contributed by atoms with Gasteiger partial charge in [-0.1, -0.05) is 38.9 Å². The summed E-state index contributed by atoms with van der Waals surface area (Å²) in [5, 5.41) is 2.43. The zero-order chi connectivity index (χ0) is 26.2. The largest absolute Gasteiger partial charge is 0.514 e. The number of hydrogen-bond acceptors (Lipinski definition) is 5. The van der Waals surface area contributed by atoms with E-state index in [2.05, 4.69) is 25.8 Å². The number of benzene rings is 1. The Kier molecular flexibility index (Phi) is 7.65. The van der Waals surface area contributed by atoms with E-state index >= 15 is 0 Å². The molecule has 0 saturated carbocycles. The zero-order valence-electron chi connectivity index (χ0n) is 22.9. The highest BCUT2D eigenvalue weighted by molar-refractivity contribution is 6.91. The first-order valence-corrected chi connectivity index (χ1v) is 15.4. The lowest BCUT2D eigenvalue weighted by atomic mass is 10.0. The molecule has 0 aliphatic carbocycles. The Morgan fingerprint density at radius 1 is 0.943 bits per heavy atom. The average Bonchev–Trinajstić information content (AvgIpc) is 2.98. The van der Waals surface area contributed by atoms with E-state index in [1.807, 2.05) is 26.8 Å². The predicted octanol–water partition coefficient (Wildman–Crippen LogP) is 6.49. The minimum Gasteiger partial charge on any atom is -0.444 e. The first kappa shape index (κ1) is 27.1. The van der Waals surface area contributed by atoms with Gasteiger partial charge in [-0.15, -0.1) is 0 Å². The second-order valence-electron chi connectivity index (χ2n) is 11.5. The fourth-order valence-corrected chi connectivity index (χ4v) is 8.86. The normalized spacial score (nSPS) is 14.6. The minimum atomic E-state index is -1.74. The maximum Gasteiger partial charge on any atom is 0.514 e. The summed E-state index contributed by atoms with van der Waals surface area (Å²) in [6.07, 6.45) is -0.386. The van der Waals surface area contributed by atoms with E-state index in [1.54, 1.807) is 31.7 Å². The van der Waals surface area contributed by atoms with Crippen molar-refractivity contribution in [2.45, 2.75) is 105 Å². The van der Waals surface area contributed by atoms with Crippen molar-refractivity contribution in [3.63, 3.8) is 0 Å². The minimum absolute atomic E-state index is 0.299. The molecule has 1 amide bonds. The van der Waals surface area contributed by atoms with Crippen LogP contribution in [-0.4, -0.2) is 48.0 Å². The number of H-pyrrole nitrogens is 1. The highest BCUT2D eigenvalue weighted by Crippen LogP contribution is 2.36. The van der Waals surface area contributed by atoms with E-state index in [1.165, 1.54) is 10.9 Å². The zero-order valence-corrected chi connectivity index (χ0v) is 23.9. The maximum absolute atomic E-state index is 13.1. The van der Waals surface area contributed by atoms with Crippen LogP contribution >= 0.6 is 0 Å². The molecule has 1 N–H and O–H groups in total. The van der Waals surface area contributed by atoms with Crippen LogP contribution in [-0.2, 0) is 22.4 Å². The summed E-state index contributed by atoms with van der Waals surface area (Å²) in [5.41, 5.74) is 1.84. The molecule has 0 radical (unpaired) electrons. The Balaban J connectivity index is 2.15. The number of carbonyl (C=O) groups excluding carboxylic acids is 2. The van der Waals surface area contributed by atoms with Crippen molar-refractivity contribution in [2.24, 2.45) is 0 Å². The maximum atomic E-state index is 13.1. The third kappa shape index (κ3) is 5.85. The van der Waals surface area contributed by atoms with Gasteiger partial charge < -0.3 is 24.1 Å². The summed E-state index contributed by atoms with van der Waals surface area (Å²) in [6.45, 7) is 18.7. The number of aromatic amines is 1. The molecule has 2 aromatic rings. The SMILES string of the molecule is CC[Si](CC)(CC)c1[nH]c2ccc(OC(=O)OC(C)(C)C)c3c2c1CCN(C(=O)OC(C)(C)C)C3. The number of aromatic nitrogens is 1. The summed E-state index contributed by atoms with van der Waals surface area (Å²) in [4.78, 5) is 31.2. The van der Waals surface area contributed by atoms with Gasteiger partial charge in [0.05, 0.1) is 6.54 Å². The van der Waals surface area contributed by atoms with Crippen LogP contribution in [0.25, 0.3) is 10.9 Å². The van der Waals surface area contributed by atoms with E-state index in [0.717, 1.165) is 41.0 Å². The molecule has 0 bridgehead atoms. The lowest BCUT2D eigenvalue weighted by molar-refractivity contribution is 0.0200. The van der Waals surface area contributed by atoms with Gasteiger partial charge in [0.1, 0.15) is 25.0 Å². The van der Waals surface area contributed by atoms with Crippen molar-refractivity contribution in [3.8, 4) is 5.75 Å². The fraction of sp³-hybridized carbons (Fsp3) is 0.630. The fourth-order valence-electron chi connectivity index (χ4n) is 5.01. The predicted molar refractivity (Wildman–Crippen MR) is 142 cm³/mol. The molecule has 0 spiro atoms. The van der Waals surface area contributed by atoms with E-state index in [9.17, 15) is 9.59 Å². The van der Waals surface area contributed by atoms with Crippen molar-refractivity contribution >= 4 is 36.5 Å². The number of nitrogens with one attached hydrogen (secondary N) is 1. The van der Waals surface area contributed by atoms with Gasteiger partial charge >= 0.3 is 12.2 Å². The summed E-state index contributed by atoms with van der Waals surface area (Å²) in [6, 6.07) is 7.22. The van der Waals surface area contributed by atoms with Gasteiger partial charge in [0.2, 0.25) is 0 Å². The first-order chi connectivity index (χ1) is 16.2. The lowest BCUT2D eigenvalue weighted by Crippen LogP contribution is -2.48. The van der Waals surface area contributed by atoms with Crippen molar-refractivity contribution in [3.05, 3.63) is 23.3 Å². The van der Waals surface area contributed by atoms with E-state index < -0.39 is 25.4 Å². The molecule has 7 nitrogen and oxygen atoms in total. The van der Waals surface area contributed by atoms with Crippen LogP contribution in [0, 0.1) is 0 Å². The Labute approximate surface area is 210 Å². The van der Waals surface area contributed by atoms with Crippen LogP contribution in [0.2, 0.25) is 18.1 Å². The standard InChI is InChI=1S/C27H42N2O5Si/c1-10-35(11-2,12-3)23-18-15-16-29(24(30)33-26(4,5)6)17-19-21(14-13-20(28-23)22(18)19)32-25(31)34-27(7,8)9/h13-14,28H,10-12,15-17H2,1-9H3. The Morgan fingerprint density at radius 2 is 1.54 bits per heavy atom. The molecular formula is C27H42N2O5Si. The quantitative estimate of drug-likeness (QED) is 0.287. The van der Waals surface area contributed by atoms with Crippen LogP contribution in [0.4, 0.5) is 9.59 Å². The number of rotatable bonds is 5. The van der Waals surface area contributed by atoms with Crippen molar-refractivity contribution < 1.29 is 23.8 Å². The van der Waals surface area contributed by atoms with Gasteiger partial charge in [0, 0.05) is 28.3 Å². The van der Waals surface area contributed by atoms with Crippen LogP contribution in [0.5, 0.6) is 5.75 Å². The molecule has 1 aromatic carbocycles. The third-order valence-electron chi connectivity index (χ3n) is 6.91. The average molecular weight is 503 g/mol. The van der Waals surface area contributed by atoms with Gasteiger partial charge in [-0.3, -0.25) is 0 Å². The molecule has 0 atom stereocenters. The number of carbonyl (C=O) groups is 2. The molecule has 1 aliphatic heterocycles. The molecule has 8 heteroatoms. The van der Waals surface area contributed by atoms with Gasteiger partial charge in [0.15, 0.2) is 0 Å². The van der Waals surface area contributed by atoms with E-state index in [0.29, 0.717) is 18.8 Å². The summed E-state index contributed by atoms with van der Waals surface area (Å²) in [5.74, 6) is 0.422. The van der Waals surface area contributed by atoms with Crippen molar-refractivity contribution in [2.75, 3.05) is 6.54 Å². The second-order valence-corrected chi connectivity index (χ2v) is 16.7. The number of nitrogens with zero attached hydrogens (tertiary/aromatic N) is 1. The Bertz CT molecular complexity index is 1080. The third-order valence-corrected chi connectivity index (χ3v) is 12.5. The molecule has 0 fully saturated rings. The molecular weight excluding hydrogens is 460 g/mol. The molecule has 0 saturated heterocycles. The molecule has 194 valence electrons. The van der Waals surface area contributed by atoms with Crippen molar-refractivity contribution in [1.82, 2.24) is 9.88 Å². The molecule has 2 heterocycles. The summed E-state index contributed by atoms with van der Waals surface area (Å²) < 4.78 is 16.8. The number of amides is 1. The van der Waals surface area contributed by atoms with Crippen LogP contribution in [0.1, 0.15) is 73.4 Å². The molecule has 1 aliphatic rings. The Hall–Kier alpha value is -2.48. The molecule has 3 rings (SSSR count). The topological polar surface area (TPSA) is 80.9 Å². The van der Waals surface area contributed by atoms with Crippen LogP contribution in [0.15, 0.2) is 12.1 Å². The highest BCUT2D eigenvalue weighted by atomic mass is 28.3. The van der Waals surface area contributed by atoms with Gasteiger partial charge in [-0.2, -0.15) is 0 Å². The summed E-state index contributed by atoms with van der Waals surface area (Å²) in [7, 11) is -1.74. The smallest absolute Gasteiger partial charge is 0.444 e. The first-order valence-electron chi connectivity index (χ1n) is 12.8. The van der Waals surface area contributed by atoms with Gasteiger partial charge in [-0.25, -0.2) is 9.59 Å². The summed E-state index contributed by atoms with van der Waals surface area (Å²) >= 11 is 0. The van der Waals surface area contributed by atoms with Crippen molar-refractivity contribution in [1.29, 1.82) is 0 Å². The lowest BCUT2D eigenvalue weighted by Gasteiger charge is -2.29. The molecule has 1 aromatic heterocycles. The molecule has 35 heavy (non-hydrogen) atoms. The molecule has 0 unspecified atom stereocenters. The highest BCUT2D eigenvalue weighted by Gasteiger charge is 2.37. The monoisotopic (exact) mass is 502 g/mol. The van der Waals surface area contributed by atoms with Gasteiger partial charge in [-0.05, 0) is 65.7 Å². The number of hydrogen-bond donors (Lipinski definition) is 1. The van der Waals surface area contributed by atoms with E-state index in [4.69, 9.17) is 14.2 Å². The van der Waals surface area contributed by atoms with Gasteiger partial charge in [0.25, 0.3) is 0 Å². The Morgan fingerprint density at radius 3 is 2.09 bits per heavy atom.